The Bertz CT molecular complexity index is 609. The summed E-state index contributed by atoms with van der Waals surface area (Å²) in [5.74, 6) is 2.77. The van der Waals surface area contributed by atoms with Crippen molar-refractivity contribution in [1.82, 2.24) is 5.32 Å². The molecule has 0 atom stereocenters. The van der Waals surface area contributed by atoms with Gasteiger partial charge in [0.05, 0.1) is 10.6 Å². The highest BCUT2D eigenvalue weighted by atomic mass is 127. The van der Waals surface area contributed by atoms with Crippen LogP contribution >= 0.6 is 34.2 Å². The largest absolute Gasteiger partial charge is 0.351 e. The molecule has 24 heavy (non-hydrogen) atoms. The summed E-state index contributed by atoms with van der Waals surface area (Å²) in [6.45, 7) is 0.835. The maximum atomic E-state index is 12.7. The molecule has 4 heteroatoms. The second-order valence-corrected chi connectivity index (χ2v) is 9.84. The highest BCUT2D eigenvalue weighted by Gasteiger charge is 2.50. The van der Waals surface area contributed by atoms with Crippen LogP contribution in [0.2, 0.25) is 5.02 Å². The van der Waals surface area contributed by atoms with Crippen molar-refractivity contribution in [2.24, 2.45) is 23.2 Å². The van der Waals surface area contributed by atoms with Crippen LogP contribution in [-0.2, 0) is 6.42 Å². The molecule has 0 aromatic heterocycles. The summed E-state index contributed by atoms with van der Waals surface area (Å²) < 4.78 is 1.05. The average molecular weight is 458 g/mol. The molecule has 1 aromatic carbocycles. The average Bonchev–Trinajstić information content (AvgIpc) is 2.53. The molecular formula is C20H25ClINO. The maximum absolute atomic E-state index is 12.7. The molecule has 2 nitrogen and oxygen atoms in total. The minimum atomic E-state index is 0.00561. The van der Waals surface area contributed by atoms with Gasteiger partial charge in [-0.05, 0) is 85.8 Å². The number of benzene rings is 1. The molecule has 4 bridgehead atoms. The summed E-state index contributed by atoms with van der Waals surface area (Å²) in [5.41, 5.74) is 2.20. The van der Waals surface area contributed by atoms with Gasteiger partial charge in [0.2, 0.25) is 0 Å². The van der Waals surface area contributed by atoms with Crippen molar-refractivity contribution >= 4 is 40.1 Å². The molecule has 4 aliphatic carbocycles. The minimum Gasteiger partial charge on any atom is -0.351 e. The molecule has 1 aromatic rings. The molecule has 130 valence electrons. The predicted octanol–water partition coefficient (Wildman–Crippen LogP) is 5.26. The van der Waals surface area contributed by atoms with E-state index in [-0.39, 0.29) is 5.91 Å². The van der Waals surface area contributed by atoms with E-state index in [1.165, 1.54) is 44.1 Å². The van der Waals surface area contributed by atoms with E-state index in [0.29, 0.717) is 16.0 Å². The molecule has 0 aliphatic heterocycles. The molecule has 0 saturated heterocycles. The van der Waals surface area contributed by atoms with Crippen molar-refractivity contribution in [3.05, 3.63) is 34.3 Å². The normalized spacial score (nSPS) is 33.7. The van der Waals surface area contributed by atoms with Crippen molar-refractivity contribution in [1.29, 1.82) is 0 Å². The molecular weight excluding hydrogens is 433 g/mol. The molecule has 4 fully saturated rings. The van der Waals surface area contributed by atoms with Gasteiger partial charge < -0.3 is 5.32 Å². The first-order chi connectivity index (χ1) is 11.6. The fourth-order valence-corrected chi connectivity index (χ4v) is 6.71. The zero-order chi connectivity index (χ0) is 16.7. The predicted molar refractivity (Wildman–Crippen MR) is 107 cm³/mol. The molecule has 4 aliphatic rings. The van der Waals surface area contributed by atoms with Crippen LogP contribution in [0, 0.1) is 23.2 Å². The number of amides is 1. The van der Waals surface area contributed by atoms with E-state index in [0.717, 1.165) is 35.1 Å². The highest BCUT2D eigenvalue weighted by molar-refractivity contribution is 14.1. The molecule has 0 spiro atoms. The first kappa shape index (κ1) is 17.1. The zero-order valence-electron chi connectivity index (χ0n) is 14.0. The number of aryl methyl sites for hydroxylation is 1. The van der Waals surface area contributed by atoms with Gasteiger partial charge in [0, 0.05) is 11.0 Å². The minimum absolute atomic E-state index is 0.00561. The Morgan fingerprint density at radius 2 is 1.79 bits per heavy atom. The van der Waals surface area contributed by atoms with Crippen molar-refractivity contribution in [3.8, 4) is 0 Å². The number of carbonyl (C=O) groups excluding carboxylic acids is 1. The van der Waals surface area contributed by atoms with Crippen molar-refractivity contribution in [3.63, 3.8) is 0 Å². The van der Waals surface area contributed by atoms with Crippen LogP contribution < -0.4 is 5.32 Å². The molecule has 0 heterocycles. The Morgan fingerprint density at radius 3 is 2.38 bits per heavy atom. The van der Waals surface area contributed by atoms with Crippen LogP contribution in [0.1, 0.15) is 54.4 Å². The van der Waals surface area contributed by atoms with E-state index >= 15 is 0 Å². The third kappa shape index (κ3) is 3.35. The maximum Gasteiger partial charge on any atom is 0.252 e. The Kier molecular flexibility index (Phi) is 4.85. The lowest BCUT2D eigenvalue weighted by Crippen LogP contribution is -2.51. The third-order valence-electron chi connectivity index (χ3n) is 6.45. The number of carbonyl (C=O) groups is 1. The van der Waals surface area contributed by atoms with Crippen LogP contribution in [0.5, 0.6) is 0 Å². The first-order valence-corrected chi connectivity index (χ1v) is 11.1. The van der Waals surface area contributed by atoms with Crippen LogP contribution in [0.25, 0.3) is 0 Å². The fourth-order valence-electron chi connectivity index (χ4n) is 5.88. The second kappa shape index (κ2) is 6.79. The number of halogens is 2. The lowest BCUT2D eigenvalue weighted by atomic mass is 9.49. The van der Waals surface area contributed by atoms with E-state index in [2.05, 4.69) is 27.9 Å². The van der Waals surface area contributed by atoms with E-state index in [9.17, 15) is 4.79 Å². The Labute approximate surface area is 163 Å². The summed E-state index contributed by atoms with van der Waals surface area (Å²) in [6, 6.07) is 5.86. The van der Waals surface area contributed by atoms with Gasteiger partial charge in [0.25, 0.3) is 5.91 Å². The van der Waals surface area contributed by atoms with E-state index in [4.69, 9.17) is 11.6 Å². The smallest absolute Gasteiger partial charge is 0.252 e. The van der Waals surface area contributed by atoms with Gasteiger partial charge in [-0.25, -0.2) is 0 Å². The van der Waals surface area contributed by atoms with Gasteiger partial charge in [-0.15, -0.1) is 0 Å². The van der Waals surface area contributed by atoms with Gasteiger partial charge in [-0.1, -0.05) is 40.3 Å². The van der Waals surface area contributed by atoms with Gasteiger partial charge in [-0.2, -0.15) is 0 Å². The standard InChI is InChI=1S/C20H25ClINO/c21-18-2-1-13(3-4-22)8-17(18)19(24)23-12-20-9-14-5-15(10-20)7-16(6-14)11-20/h1-2,8,14-16H,3-7,9-12H2,(H,23,24). The van der Waals surface area contributed by atoms with Crippen LogP contribution in [0.4, 0.5) is 0 Å². The first-order valence-electron chi connectivity index (χ1n) is 9.19. The highest BCUT2D eigenvalue weighted by Crippen LogP contribution is 2.59. The quantitative estimate of drug-likeness (QED) is 0.474. The van der Waals surface area contributed by atoms with Gasteiger partial charge in [0.1, 0.15) is 0 Å². The molecule has 0 unspecified atom stereocenters. The van der Waals surface area contributed by atoms with E-state index < -0.39 is 0 Å². The third-order valence-corrected chi connectivity index (χ3v) is 7.32. The number of hydrogen-bond donors (Lipinski definition) is 1. The second-order valence-electron chi connectivity index (χ2n) is 8.35. The molecule has 0 radical (unpaired) electrons. The number of hydrogen-bond acceptors (Lipinski definition) is 1. The van der Waals surface area contributed by atoms with Crippen LogP contribution in [-0.4, -0.2) is 16.9 Å². The van der Waals surface area contributed by atoms with Gasteiger partial charge in [0.15, 0.2) is 0 Å². The summed E-state index contributed by atoms with van der Waals surface area (Å²) in [4.78, 5) is 12.7. The summed E-state index contributed by atoms with van der Waals surface area (Å²) in [5, 5.41) is 3.81. The zero-order valence-corrected chi connectivity index (χ0v) is 16.9. The monoisotopic (exact) mass is 457 g/mol. The fraction of sp³-hybridized carbons (Fsp3) is 0.650. The Hall–Kier alpha value is -0.290. The van der Waals surface area contributed by atoms with Crippen LogP contribution in [0.3, 0.4) is 0 Å². The molecule has 4 saturated carbocycles. The van der Waals surface area contributed by atoms with Crippen LogP contribution in [0.15, 0.2) is 18.2 Å². The summed E-state index contributed by atoms with van der Waals surface area (Å²) in [6.07, 6.45) is 9.27. The Morgan fingerprint density at radius 1 is 1.17 bits per heavy atom. The van der Waals surface area contributed by atoms with Crippen molar-refractivity contribution in [2.45, 2.75) is 44.9 Å². The lowest BCUT2D eigenvalue weighted by molar-refractivity contribution is -0.0503. The van der Waals surface area contributed by atoms with Gasteiger partial charge >= 0.3 is 0 Å². The number of nitrogens with one attached hydrogen (secondary N) is 1. The SMILES string of the molecule is O=C(NCC12CC3CC(CC(C3)C1)C2)c1cc(CCI)ccc1Cl. The molecule has 5 rings (SSSR count). The summed E-state index contributed by atoms with van der Waals surface area (Å²) in [7, 11) is 0. The molecule has 1 N–H and O–H groups in total. The van der Waals surface area contributed by atoms with Crippen molar-refractivity contribution < 1.29 is 4.79 Å². The van der Waals surface area contributed by atoms with E-state index in [1.807, 2.05) is 18.2 Å². The number of alkyl halides is 1. The van der Waals surface area contributed by atoms with E-state index in [1.54, 1.807) is 0 Å². The molecule has 1 amide bonds. The lowest BCUT2D eigenvalue weighted by Gasteiger charge is -2.56. The van der Waals surface area contributed by atoms with Gasteiger partial charge in [-0.3, -0.25) is 4.79 Å². The topological polar surface area (TPSA) is 29.1 Å². The number of rotatable bonds is 5. The Balaban J connectivity index is 1.44. The summed E-state index contributed by atoms with van der Waals surface area (Å²) >= 11 is 8.65. The van der Waals surface area contributed by atoms with Crippen molar-refractivity contribution in [2.75, 3.05) is 11.0 Å².